The van der Waals surface area contributed by atoms with Crippen LogP contribution in [0.25, 0.3) is 0 Å². The van der Waals surface area contributed by atoms with E-state index in [0.717, 1.165) is 6.54 Å². The molecular formula is C8H17N5O. The highest BCUT2D eigenvalue weighted by Gasteiger charge is 2.08. The lowest BCUT2D eigenvalue weighted by atomic mass is 10.3. The third kappa shape index (κ3) is 3.31. The van der Waals surface area contributed by atoms with Gasteiger partial charge in [0.2, 0.25) is 0 Å². The van der Waals surface area contributed by atoms with Crippen LogP contribution in [0.1, 0.15) is 6.92 Å². The highest BCUT2D eigenvalue weighted by Crippen LogP contribution is 1.95. The molecule has 0 aromatic carbocycles. The number of hydrogen-bond acceptors (Lipinski definition) is 5. The highest BCUT2D eigenvalue weighted by atomic mass is 16.3. The lowest BCUT2D eigenvalue weighted by Crippen LogP contribution is -2.32. The van der Waals surface area contributed by atoms with Crippen molar-refractivity contribution in [2.75, 3.05) is 25.9 Å². The molecule has 1 atom stereocenters. The number of anilines is 1. The predicted octanol–water partition coefficient (Wildman–Crippen LogP) is -0.827. The number of likely N-dealkylation sites (N-methyl/N-ethyl adjacent to an activating group) is 1. The summed E-state index contributed by atoms with van der Waals surface area (Å²) in [4.78, 5) is 3.43. The number of aliphatic hydroxyl groups excluding tert-OH is 1. The fourth-order valence-corrected chi connectivity index (χ4v) is 1.13. The molecule has 80 valence electrons. The van der Waals surface area contributed by atoms with E-state index in [9.17, 15) is 5.11 Å². The maximum absolute atomic E-state index is 9.63. The molecule has 1 aromatic rings. The molecular weight excluding hydrogens is 182 g/mol. The summed E-state index contributed by atoms with van der Waals surface area (Å²) in [5.74, 6) is 0.376. The number of aliphatic hydroxyl groups is 1. The van der Waals surface area contributed by atoms with E-state index in [1.807, 2.05) is 18.9 Å². The van der Waals surface area contributed by atoms with Crippen molar-refractivity contribution >= 4 is 5.82 Å². The van der Waals surface area contributed by atoms with Crippen molar-refractivity contribution in [3.63, 3.8) is 0 Å². The van der Waals surface area contributed by atoms with Crippen molar-refractivity contribution in [1.29, 1.82) is 0 Å². The minimum atomic E-state index is -0.466. The Morgan fingerprint density at radius 1 is 1.71 bits per heavy atom. The van der Waals surface area contributed by atoms with Crippen LogP contribution in [0.4, 0.5) is 5.82 Å². The van der Waals surface area contributed by atoms with Crippen LogP contribution in [0.2, 0.25) is 0 Å². The summed E-state index contributed by atoms with van der Waals surface area (Å²) >= 11 is 0. The average molecular weight is 199 g/mol. The van der Waals surface area contributed by atoms with Crippen LogP contribution >= 0.6 is 0 Å². The van der Waals surface area contributed by atoms with E-state index in [1.165, 1.54) is 11.0 Å². The van der Waals surface area contributed by atoms with Gasteiger partial charge in [-0.25, -0.2) is 0 Å². The molecule has 1 rings (SSSR count). The van der Waals surface area contributed by atoms with Gasteiger partial charge >= 0.3 is 0 Å². The maximum Gasteiger partial charge on any atom is 0.165 e. The molecule has 14 heavy (non-hydrogen) atoms. The number of aromatic nitrogens is 3. The molecule has 0 saturated heterocycles. The lowest BCUT2D eigenvalue weighted by molar-refractivity contribution is 0.104. The Labute approximate surface area is 83.3 Å². The van der Waals surface area contributed by atoms with E-state index in [4.69, 9.17) is 5.73 Å². The quantitative estimate of drug-likeness (QED) is 0.647. The fraction of sp³-hybridized carbons (Fsp3) is 0.750. The number of nitrogen functional groups attached to an aromatic ring is 1. The smallest absolute Gasteiger partial charge is 0.165 e. The number of rotatable bonds is 5. The lowest BCUT2D eigenvalue weighted by Gasteiger charge is -2.17. The van der Waals surface area contributed by atoms with Gasteiger partial charge in [0.05, 0.1) is 18.8 Å². The number of hydrogen-bond donors (Lipinski definition) is 2. The van der Waals surface area contributed by atoms with Gasteiger partial charge in [-0.05, 0) is 13.6 Å². The van der Waals surface area contributed by atoms with Gasteiger partial charge in [-0.1, -0.05) is 6.92 Å². The van der Waals surface area contributed by atoms with E-state index >= 15 is 0 Å². The molecule has 0 aliphatic heterocycles. The minimum absolute atomic E-state index is 0.376. The van der Waals surface area contributed by atoms with Gasteiger partial charge in [0, 0.05) is 6.54 Å². The topological polar surface area (TPSA) is 80.2 Å². The molecule has 6 nitrogen and oxygen atoms in total. The van der Waals surface area contributed by atoms with Crippen LogP contribution in [0, 0.1) is 0 Å². The second kappa shape index (κ2) is 4.92. The molecule has 0 fully saturated rings. The Kier molecular flexibility index (Phi) is 3.84. The van der Waals surface area contributed by atoms with Gasteiger partial charge < -0.3 is 15.7 Å². The maximum atomic E-state index is 9.63. The number of nitrogens with zero attached hydrogens (tertiary/aromatic N) is 4. The Morgan fingerprint density at radius 3 is 2.93 bits per heavy atom. The standard InChI is InChI=1S/C8H17N5O/c1-3-12(2)5-7(14)6-13-10-4-8(9)11-13/h4,7,14H,3,5-6H2,1-2H3,(H2,9,11). The first-order valence-electron chi connectivity index (χ1n) is 4.64. The molecule has 0 saturated carbocycles. The van der Waals surface area contributed by atoms with E-state index in [0.29, 0.717) is 18.9 Å². The Hall–Kier alpha value is -1.14. The van der Waals surface area contributed by atoms with Crippen molar-refractivity contribution in [2.24, 2.45) is 0 Å². The van der Waals surface area contributed by atoms with Crippen LogP contribution in [0.5, 0.6) is 0 Å². The number of nitrogens with two attached hydrogens (primary N) is 1. The first kappa shape index (κ1) is 10.9. The van der Waals surface area contributed by atoms with Crippen LogP contribution in [-0.4, -0.2) is 51.2 Å². The molecule has 1 unspecified atom stereocenters. The highest BCUT2D eigenvalue weighted by molar-refractivity contribution is 5.19. The first-order valence-corrected chi connectivity index (χ1v) is 4.64. The second-order valence-corrected chi connectivity index (χ2v) is 3.33. The van der Waals surface area contributed by atoms with Crippen molar-refractivity contribution in [1.82, 2.24) is 19.9 Å². The SMILES string of the molecule is CCN(C)CC(O)Cn1ncc(N)n1. The molecule has 0 aliphatic carbocycles. The summed E-state index contributed by atoms with van der Waals surface area (Å²) in [6.07, 6.45) is 1.00. The van der Waals surface area contributed by atoms with Crippen molar-refractivity contribution in [3.8, 4) is 0 Å². The monoisotopic (exact) mass is 199 g/mol. The molecule has 3 N–H and O–H groups in total. The Morgan fingerprint density at radius 2 is 2.43 bits per heavy atom. The molecule has 0 radical (unpaired) electrons. The second-order valence-electron chi connectivity index (χ2n) is 3.33. The molecule has 0 aliphatic rings. The summed E-state index contributed by atoms with van der Waals surface area (Å²) in [7, 11) is 1.95. The predicted molar refractivity (Wildman–Crippen MR) is 53.6 cm³/mol. The van der Waals surface area contributed by atoms with E-state index < -0.39 is 6.10 Å². The zero-order chi connectivity index (χ0) is 10.6. The van der Waals surface area contributed by atoms with E-state index in [1.54, 1.807) is 0 Å². The van der Waals surface area contributed by atoms with Gasteiger partial charge in [0.15, 0.2) is 5.82 Å². The van der Waals surface area contributed by atoms with Crippen LogP contribution < -0.4 is 5.73 Å². The molecule has 1 heterocycles. The zero-order valence-electron chi connectivity index (χ0n) is 8.59. The van der Waals surface area contributed by atoms with E-state index in [2.05, 4.69) is 10.2 Å². The largest absolute Gasteiger partial charge is 0.390 e. The first-order chi connectivity index (χ1) is 6.61. The fourth-order valence-electron chi connectivity index (χ4n) is 1.13. The minimum Gasteiger partial charge on any atom is -0.390 e. The molecule has 0 amide bonds. The van der Waals surface area contributed by atoms with Crippen molar-refractivity contribution in [3.05, 3.63) is 6.20 Å². The van der Waals surface area contributed by atoms with Gasteiger partial charge in [0.1, 0.15) is 0 Å². The Balaban J connectivity index is 2.37. The van der Waals surface area contributed by atoms with Gasteiger partial charge in [-0.3, -0.25) is 0 Å². The molecule has 0 bridgehead atoms. The molecule has 0 spiro atoms. The summed E-state index contributed by atoms with van der Waals surface area (Å²) in [6, 6.07) is 0. The summed E-state index contributed by atoms with van der Waals surface area (Å²) < 4.78 is 0. The molecule has 1 aromatic heterocycles. The normalized spacial score (nSPS) is 13.4. The molecule has 6 heteroatoms. The zero-order valence-corrected chi connectivity index (χ0v) is 8.59. The van der Waals surface area contributed by atoms with Crippen LogP contribution in [-0.2, 0) is 6.54 Å². The van der Waals surface area contributed by atoms with Crippen LogP contribution in [0.15, 0.2) is 6.20 Å². The van der Waals surface area contributed by atoms with Gasteiger partial charge in [0.25, 0.3) is 0 Å². The average Bonchev–Trinajstić information content (AvgIpc) is 2.50. The van der Waals surface area contributed by atoms with Crippen molar-refractivity contribution < 1.29 is 5.11 Å². The Bertz CT molecular complexity index is 274. The van der Waals surface area contributed by atoms with Gasteiger partial charge in [-0.2, -0.15) is 9.90 Å². The summed E-state index contributed by atoms with van der Waals surface area (Å²) in [6.45, 7) is 3.93. The third-order valence-electron chi connectivity index (χ3n) is 1.99. The van der Waals surface area contributed by atoms with Gasteiger partial charge in [-0.15, -0.1) is 5.10 Å². The summed E-state index contributed by atoms with van der Waals surface area (Å²) in [5.41, 5.74) is 5.40. The van der Waals surface area contributed by atoms with Crippen molar-refractivity contribution in [2.45, 2.75) is 19.6 Å². The summed E-state index contributed by atoms with van der Waals surface area (Å²) in [5, 5.41) is 17.4. The van der Waals surface area contributed by atoms with Crippen LogP contribution in [0.3, 0.4) is 0 Å². The third-order valence-corrected chi connectivity index (χ3v) is 1.99. The van der Waals surface area contributed by atoms with E-state index in [-0.39, 0.29) is 0 Å².